The van der Waals surface area contributed by atoms with Crippen molar-refractivity contribution in [2.75, 3.05) is 46.0 Å². The first-order valence-corrected chi connectivity index (χ1v) is 20.9. The van der Waals surface area contributed by atoms with E-state index in [2.05, 4.69) is 95.2 Å². The van der Waals surface area contributed by atoms with Gasteiger partial charge in [0.25, 0.3) is 0 Å². The molecule has 30 heavy (non-hydrogen) atoms. The lowest BCUT2D eigenvalue weighted by molar-refractivity contribution is 0.422. The predicted molar refractivity (Wildman–Crippen MR) is 164 cm³/mol. The van der Waals surface area contributed by atoms with Crippen molar-refractivity contribution < 1.29 is 0 Å². The van der Waals surface area contributed by atoms with E-state index in [-0.39, 0.29) is 0 Å². The van der Waals surface area contributed by atoms with Crippen LogP contribution in [0.4, 0.5) is 0 Å². The van der Waals surface area contributed by atoms with E-state index in [1.54, 1.807) is 0 Å². The van der Waals surface area contributed by atoms with Crippen LogP contribution in [0.25, 0.3) is 0 Å². The van der Waals surface area contributed by atoms with Gasteiger partial charge in [-0.15, -0.1) is 0 Å². The Balaban J connectivity index is 0.000000300. The van der Waals surface area contributed by atoms with Gasteiger partial charge >= 0.3 is 0 Å². The van der Waals surface area contributed by atoms with Crippen LogP contribution in [0.5, 0.6) is 0 Å². The summed E-state index contributed by atoms with van der Waals surface area (Å²) in [6.45, 7) is 8.94. The molecule has 0 aliphatic heterocycles. The second kappa shape index (κ2) is 19.6. The van der Waals surface area contributed by atoms with Crippen molar-refractivity contribution in [3.8, 4) is 0 Å². The Morgan fingerprint density at radius 2 is 0.667 bits per heavy atom. The van der Waals surface area contributed by atoms with Gasteiger partial charge < -0.3 is 0 Å². The van der Waals surface area contributed by atoms with Gasteiger partial charge in [0, 0.05) is 46.0 Å². The summed E-state index contributed by atoms with van der Waals surface area (Å²) in [7, 11) is 16.3. The van der Waals surface area contributed by atoms with Crippen molar-refractivity contribution >= 4 is 86.4 Å². The van der Waals surface area contributed by atoms with Crippen LogP contribution in [0.15, 0.2) is 24.3 Å². The average molecular weight is 561 g/mol. The van der Waals surface area contributed by atoms with Gasteiger partial charge in [0.15, 0.2) is 0 Å². The molecule has 2 rings (SSSR count). The predicted octanol–water partition coefficient (Wildman–Crippen LogP) is 10.3. The van der Waals surface area contributed by atoms with Gasteiger partial charge in [-0.25, -0.2) is 0 Å². The van der Waals surface area contributed by atoms with E-state index in [4.69, 9.17) is 0 Å². The van der Waals surface area contributed by atoms with Gasteiger partial charge in [0.1, 0.15) is 0 Å². The van der Waals surface area contributed by atoms with Crippen molar-refractivity contribution in [2.45, 2.75) is 53.4 Å². The Labute approximate surface area is 219 Å². The van der Waals surface area contributed by atoms with Crippen LogP contribution in [-0.4, -0.2) is 46.0 Å². The summed E-state index contributed by atoms with van der Waals surface area (Å²) in [4.78, 5) is 0. The first-order chi connectivity index (χ1) is 14.7. The zero-order valence-corrected chi connectivity index (χ0v) is 25.6. The number of hydrogen-bond donors (Lipinski definition) is 0. The van der Waals surface area contributed by atoms with Gasteiger partial charge in [0.2, 0.25) is 0 Å². The summed E-state index contributed by atoms with van der Waals surface area (Å²) in [5, 5.41) is 0. The molecule has 0 saturated heterocycles. The molecule has 0 nitrogen and oxygen atoms in total. The van der Waals surface area contributed by atoms with Crippen LogP contribution in [0.2, 0.25) is 0 Å². The summed E-state index contributed by atoms with van der Waals surface area (Å²) in [6.07, 6.45) is 14.7. The average Bonchev–Trinajstić information content (AvgIpc) is 3.40. The minimum atomic E-state index is 0.569. The SMILES string of the molecule is CCSSCC1(CSSCC)CC=CC1.CCSSCC1(CSSCC)CC=CC1. The monoisotopic (exact) mass is 560 g/mol. The van der Waals surface area contributed by atoms with Gasteiger partial charge in [-0.05, 0) is 36.5 Å². The Bertz CT molecular complexity index is 384. The van der Waals surface area contributed by atoms with Crippen LogP contribution in [-0.2, 0) is 0 Å². The number of hydrogen-bond acceptors (Lipinski definition) is 8. The van der Waals surface area contributed by atoms with Crippen LogP contribution < -0.4 is 0 Å². The molecular formula is C22H40S8. The number of rotatable bonds is 16. The maximum atomic E-state index is 2.37. The first-order valence-electron chi connectivity index (χ1n) is 10.9. The summed E-state index contributed by atoms with van der Waals surface area (Å²) in [5.74, 6) is 10.2. The summed E-state index contributed by atoms with van der Waals surface area (Å²) in [5.41, 5.74) is 1.14. The largest absolute Gasteiger partial charge is 0.0944 e. The fourth-order valence-corrected chi connectivity index (χ4v) is 12.7. The van der Waals surface area contributed by atoms with E-state index < -0.39 is 0 Å². The lowest BCUT2D eigenvalue weighted by atomic mass is 9.90. The zero-order valence-electron chi connectivity index (χ0n) is 19.1. The molecule has 0 atom stereocenters. The fourth-order valence-electron chi connectivity index (χ4n) is 3.05. The topological polar surface area (TPSA) is 0 Å². The zero-order chi connectivity index (χ0) is 22.0. The van der Waals surface area contributed by atoms with E-state index in [9.17, 15) is 0 Å². The summed E-state index contributed by atoms with van der Waals surface area (Å²) >= 11 is 0. The van der Waals surface area contributed by atoms with Crippen molar-refractivity contribution in [3.05, 3.63) is 24.3 Å². The van der Waals surface area contributed by atoms with Crippen molar-refractivity contribution in [1.82, 2.24) is 0 Å². The normalized spacial score (nSPS) is 18.5. The molecule has 2 aliphatic rings. The van der Waals surface area contributed by atoms with Crippen molar-refractivity contribution in [3.63, 3.8) is 0 Å². The lowest BCUT2D eigenvalue weighted by Gasteiger charge is -2.27. The van der Waals surface area contributed by atoms with Crippen LogP contribution in [0.1, 0.15) is 53.4 Å². The maximum absolute atomic E-state index is 2.37. The Kier molecular flexibility index (Phi) is 19.8. The molecule has 0 bridgehead atoms. The van der Waals surface area contributed by atoms with E-state index in [1.807, 2.05) is 43.2 Å². The first kappa shape index (κ1) is 30.3. The van der Waals surface area contributed by atoms with Crippen LogP contribution in [0.3, 0.4) is 0 Å². The van der Waals surface area contributed by atoms with E-state index in [1.165, 1.54) is 71.7 Å². The van der Waals surface area contributed by atoms with Crippen LogP contribution >= 0.6 is 86.4 Å². The molecule has 0 heterocycles. The van der Waals surface area contributed by atoms with Gasteiger partial charge in [0.05, 0.1) is 0 Å². The van der Waals surface area contributed by atoms with Gasteiger partial charge in [-0.2, -0.15) is 0 Å². The van der Waals surface area contributed by atoms with Crippen molar-refractivity contribution in [1.29, 1.82) is 0 Å². The highest BCUT2D eigenvalue weighted by atomic mass is 33.1. The van der Waals surface area contributed by atoms with Gasteiger partial charge in [-0.3, -0.25) is 0 Å². The highest BCUT2D eigenvalue weighted by molar-refractivity contribution is 8.77. The third-order valence-corrected chi connectivity index (χ3v) is 15.6. The number of allylic oxidation sites excluding steroid dienone is 4. The molecule has 0 radical (unpaired) electrons. The van der Waals surface area contributed by atoms with Gasteiger partial charge in [-0.1, -0.05) is 138 Å². The molecule has 0 aromatic rings. The van der Waals surface area contributed by atoms with E-state index >= 15 is 0 Å². The minimum Gasteiger partial charge on any atom is -0.0944 e. The molecule has 0 aromatic heterocycles. The summed E-state index contributed by atoms with van der Waals surface area (Å²) in [6, 6.07) is 0. The Hall–Kier alpha value is 2.28. The highest BCUT2D eigenvalue weighted by Gasteiger charge is 2.31. The molecule has 0 saturated carbocycles. The third-order valence-electron chi connectivity index (χ3n) is 4.80. The Morgan fingerprint density at radius 3 is 0.867 bits per heavy atom. The van der Waals surface area contributed by atoms with E-state index in [0.717, 1.165) is 0 Å². The third kappa shape index (κ3) is 13.2. The molecular weight excluding hydrogens is 521 g/mol. The molecule has 0 aromatic carbocycles. The maximum Gasteiger partial charge on any atom is 0.0108 e. The Morgan fingerprint density at radius 1 is 0.433 bits per heavy atom. The lowest BCUT2D eigenvalue weighted by Crippen LogP contribution is -2.22. The van der Waals surface area contributed by atoms with E-state index in [0.29, 0.717) is 10.8 Å². The molecule has 0 amide bonds. The second-order valence-corrected chi connectivity index (χ2v) is 18.4. The molecule has 0 fully saturated rings. The molecule has 176 valence electrons. The summed E-state index contributed by atoms with van der Waals surface area (Å²) < 4.78 is 0. The molecule has 8 heteroatoms. The molecule has 0 spiro atoms. The quantitative estimate of drug-likeness (QED) is 0.102. The fraction of sp³-hybridized carbons (Fsp3) is 0.818. The van der Waals surface area contributed by atoms with Crippen LogP contribution in [0, 0.1) is 10.8 Å². The molecule has 0 unspecified atom stereocenters. The molecule has 2 aliphatic carbocycles. The minimum absolute atomic E-state index is 0.569. The molecule has 0 N–H and O–H groups in total. The highest BCUT2D eigenvalue weighted by Crippen LogP contribution is 2.45. The standard InChI is InChI=1S/2C11H20S4/c2*1-3-12-14-9-11(7-5-6-8-11)10-15-13-4-2/h2*5-6H,3-4,7-10H2,1-2H3. The second-order valence-electron chi connectivity index (χ2n) is 7.43. The van der Waals surface area contributed by atoms with Crippen molar-refractivity contribution in [2.24, 2.45) is 10.8 Å². The smallest absolute Gasteiger partial charge is 0.0108 e.